The summed E-state index contributed by atoms with van der Waals surface area (Å²) in [6.45, 7) is 10.3. The van der Waals surface area contributed by atoms with Crippen molar-refractivity contribution in [2.24, 2.45) is 4.99 Å². The normalized spacial score (nSPS) is 17.4. The van der Waals surface area contributed by atoms with Gasteiger partial charge in [0.1, 0.15) is 5.60 Å². The number of guanidine groups is 1. The molecule has 0 radical (unpaired) electrons. The molecular weight excluding hydrogens is 360 g/mol. The van der Waals surface area contributed by atoms with E-state index in [1.54, 1.807) is 7.05 Å². The third-order valence-corrected chi connectivity index (χ3v) is 4.32. The number of likely N-dealkylation sites (tertiary alicyclic amines) is 1. The Kier molecular flexibility index (Phi) is 10.7. The third-order valence-electron chi connectivity index (χ3n) is 4.32. The average molecular weight is 399 g/mol. The van der Waals surface area contributed by atoms with Crippen molar-refractivity contribution in [1.29, 1.82) is 0 Å². The second-order valence-corrected chi connectivity index (χ2v) is 8.02. The summed E-state index contributed by atoms with van der Waals surface area (Å²) in [6.07, 6.45) is 4.98. The Morgan fingerprint density at radius 3 is 2.54 bits per heavy atom. The molecule has 8 heteroatoms. The van der Waals surface area contributed by atoms with Gasteiger partial charge in [0.2, 0.25) is 0 Å². The molecule has 2 N–H and O–H groups in total. The Morgan fingerprint density at radius 2 is 1.89 bits per heavy atom. The van der Waals surface area contributed by atoms with Crippen LogP contribution in [-0.2, 0) is 14.3 Å². The summed E-state index contributed by atoms with van der Waals surface area (Å²) >= 11 is 0. The molecule has 1 unspecified atom stereocenters. The molecule has 1 amide bonds. The van der Waals surface area contributed by atoms with E-state index in [2.05, 4.69) is 20.5 Å². The zero-order valence-corrected chi connectivity index (χ0v) is 18.2. The summed E-state index contributed by atoms with van der Waals surface area (Å²) in [6, 6.07) is 0.0660. The number of nitrogens with zero attached hydrogens (tertiary/aromatic N) is 2. The number of carbonyl (C=O) groups is 2. The summed E-state index contributed by atoms with van der Waals surface area (Å²) < 4.78 is 10.2. The van der Waals surface area contributed by atoms with Crippen molar-refractivity contribution < 1.29 is 19.1 Å². The van der Waals surface area contributed by atoms with Gasteiger partial charge in [0.15, 0.2) is 5.96 Å². The number of ether oxygens (including phenoxy) is 2. The zero-order valence-electron chi connectivity index (χ0n) is 18.2. The van der Waals surface area contributed by atoms with E-state index in [1.165, 1.54) is 0 Å². The predicted octanol–water partition coefficient (Wildman–Crippen LogP) is 2.67. The Morgan fingerprint density at radius 1 is 1.18 bits per heavy atom. The monoisotopic (exact) mass is 398 g/mol. The first kappa shape index (κ1) is 24.0. The van der Waals surface area contributed by atoms with E-state index in [1.807, 2.05) is 27.7 Å². The smallest absolute Gasteiger partial charge is 0.407 e. The van der Waals surface area contributed by atoms with Crippen LogP contribution < -0.4 is 10.6 Å². The Balaban J connectivity index is 2.19. The highest BCUT2D eigenvalue weighted by Crippen LogP contribution is 2.12. The van der Waals surface area contributed by atoms with E-state index in [-0.39, 0.29) is 18.1 Å². The first-order valence-electron chi connectivity index (χ1n) is 10.4. The molecular formula is C20H38N4O4. The van der Waals surface area contributed by atoms with Gasteiger partial charge >= 0.3 is 12.1 Å². The number of aliphatic imine (C=N–C) groups is 1. The molecule has 28 heavy (non-hydrogen) atoms. The molecule has 162 valence electrons. The Hall–Kier alpha value is -1.99. The fraction of sp³-hybridized carbons (Fsp3) is 0.850. The van der Waals surface area contributed by atoms with E-state index in [0.29, 0.717) is 13.0 Å². The number of hydrogen-bond donors (Lipinski definition) is 2. The lowest BCUT2D eigenvalue weighted by molar-refractivity contribution is -0.143. The van der Waals surface area contributed by atoms with Crippen molar-refractivity contribution in [1.82, 2.24) is 15.5 Å². The molecule has 8 nitrogen and oxygen atoms in total. The summed E-state index contributed by atoms with van der Waals surface area (Å²) in [4.78, 5) is 29.7. The summed E-state index contributed by atoms with van der Waals surface area (Å²) in [5.74, 6) is 0.754. The summed E-state index contributed by atoms with van der Waals surface area (Å²) in [5, 5.41) is 6.31. The average Bonchev–Trinajstić information content (AvgIpc) is 3.04. The standard InChI is InChI=1S/C20H38N4O4/c1-6-27-17(25)11-9-7-8-10-13-22-18(21-5)24-14-12-16(15-24)23-19(26)28-20(2,3)4/h16H,6-15H2,1-5H3,(H,21,22)(H,23,26). The maximum absolute atomic E-state index is 11.9. The molecule has 1 aliphatic heterocycles. The van der Waals surface area contributed by atoms with Crippen LogP contribution in [0, 0.1) is 0 Å². The topological polar surface area (TPSA) is 92.3 Å². The molecule has 1 saturated heterocycles. The molecule has 0 bridgehead atoms. The minimum Gasteiger partial charge on any atom is -0.466 e. The highest BCUT2D eigenvalue weighted by atomic mass is 16.6. The van der Waals surface area contributed by atoms with Gasteiger partial charge in [0.05, 0.1) is 12.6 Å². The molecule has 0 aromatic heterocycles. The highest BCUT2D eigenvalue weighted by Gasteiger charge is 2.27. The van der Waals surface area contributed by atoms with Gasteiger partial charge in [-0.3, -0.25) is 9.79 Å². The van der Waals surface area contributed by atoms with E-state index >= 15 is 0 Å². The van der Waals surface area contributed by atoms with Crippen LogP contribution in [-0.4, -0.2) is 67.9 Å². The van der Waals surface area contributed by atoms with E-state index in [9.17, 15) is 9.59 Å². The molecule has 0 aromatic carbocycles. The maximum atomic E-state index is 11.9. The van der Waals surface area contributed by atoms with Gasteiger partial charge in [-0.1, -0.05) is 12.8 Å². The lowest BCUT2D eigenvalue weighted by Gasteiger charge is -2.23. The molecule has 1 atom stereocenters. The van der Waals surface area contributed by atoms with Crippen LogP contribution in [0.15, 0.2) is 4.99 Å². The number of hydrogen-bond acceptors (Lipinski definition) is 5. The van der Waals surface area contributed by atoms with E-state index in [0.717, 1.165) is 57.7 Å². The largest absolute Gasteiger partial charge is 0.466 e. The molecule has 1 fully saturated rings. The number of esters is 1. The number of rotatable bonds is 9. The van der Waals surface area contributed by atoms with Gasteiger partial charge < -0.3 is 25.0 Å². The van der Waals surface area contributed by atoms with Gasteiger partial charge in [0, 0.05) is 33.1 Å². The van der Waals surface area contributed by atoms with Crippen LogP contribution in [0.25, 0.3) is 0 Å². The van der Waals surface area contributed by atoms with Crippen molar-refractivity contribution in [3.05, 3.63) is 0 Å². The van der Waals surface area contributed by atoms with Gasteiger partial charge in [-0.25, -0.2) is 4.79 Å². The van der Waals surface area contributed by atoms with Gasteiger partial charge in [-0.2, -0.15) is 0 Å². The summed E-state index contributed by atoms with van der Waals surface area (Å²) in [5.41, 5.74) is -0.490. The third kappa shape index (κ3) is 10.4. The van der Waals surface area contributed by atoms with Crippen molar-refractivity contribution in [3.63, 3.8) is 0 Å². The van der Waals surface area contributed by atoms with Gasteiger partial charge in [-0.15, -0.1) is 0 Å². The Labute approximate surface area is 169 Å². The maximum Gasteiger partial charge on any atom is 0.407 e. The minimum absolute atomic E-state index is 0.0660. The van der Waals surface area contributed by atoms with E-state index in [4.69, 9.17) is 9.47 Å². The number of carbonyl (C=O) groups excluding carboxylic acids is 2. The van der Waals surface area contributed by atoms with Crippen molar-refractivity contribution in [2.45, 2.75) is 77.9 Å². The van der Waals surface area contributed by atoms with Crippen LogP contribution in [0.1, 0.15) is 66.2 Å². The lowest BCUT2D eigenvalue weighted by Crippen LogP contribution is -2.44. The second kappa shape index (κ2) is 12.5. The predicted molar refractivity (Wildman–Crippen MR) is 110 cm³/mol. The number of alkyl carbamates (subject to hydrolysis) is 1. The Bertz CT molecular complexity index is 517. The lowest BCUT2D eigenvalue weighted by atomic mass is 10.1. The molecule has 1 heterocycles. The zero-order chi connectivity index (χ0) is 21.0. The molecule has 0 aliphatic carbocycles. The van der Waals surface area contributed by atoms with Crippen molar-refractivity contribution in [3.8, 4) is 0 Å². The quantitative estimate of drug-likeness (QED) is 0.268. The number of unbranched alkanes of at least 4 members (excludes halogenated alkanes) is 3. The van der Waals surface area contributed by atoms with Gasteiger partial charge in [0.25, 0.3) is 0 Å². The van der Waals surface area contributed by atoms with Gasteiger partial charge in [-0.05, 0) is 47.0 Å². The minimum atomic E-state index is -0.490. The fourth-order valence-electron chi connectivity index (χ4n) is 3.06. The molecule has 1 rings (SSSR count). The molecule has 1 aliphatic rings. The number of amides is 1. The van der Waals surface area contributed by atoms with Crippen LogP contribution in [0.5, 0.6) is 0 Å². The first-order chi connectivity index (χ1) is 13.2. The van der Waals surface area contributed by atoms with Crippen LogP contribution >= 0.6 is 0 Å². The van der Waals surface area contributed by atoms with E-state index < -0.39 is 5.60 Å². The molecule has 0 saturated carbocycles. The van der Waals surface area contributed by atoms with Crippen LogP contribution in [0.2, 0.25) is 0 Å². The fourth-order valence-corrected chi connectivity index (χ4v) is 3.06. The highest BCUT2D eigenvalue weighted by molar-refractivity contribution is 5.80. The number of nitrogens with one attached hydrogen (secondary N) is 2. The SMILES string of the molecule is CCOC(=O)CCCCCCNC(=NC)N1CCC(NC(=O)OC(C)(C)C)C1. The second-order valence-electron chi connectivity index (χ2n) is 8.02. The van der Waals surface area contributed by atoms with Crippen molar-refractivity contribution in [2.75, 3.05) is 33.3 Å². The molecule has 0 spiro atoms. The van der Waals surface area contributed by atoms with Crippen LogP contribution in [0.3, 0.4) is 0 Å². The first-order valence-corrected chi connectivity index (χ1v) is 10.4. The van der Waals surface area contributed by atoms with Crippen molar-refractivity contribution >= 4 is 18.0 Å². The molecule has 0 aromatic rings. The summed E-state index contributed by atoms with van der Waals surface area (Å²) in [7, 11) is 1.77. The van der Waals surface area contributed by atoms with Crippen LogP contribution in [0.4, 0.5) is 4.79 Å².